The smallest absolute Gasteiger partial charge is 0.222 e. The van der Waals surface area contributed by atoms with Crippen molar-refractivity contribution < 1.29 is 49.0 Å². The van der Waals surface area contributed by atoms with E-state index in [1.165, 1.54) is 13.2 Å². The van der Waals surface area contributed by atoms with Crippen LogP contribution in [0.15, 0.2) is 32.3 Å². The number of rotatable bonds is 5. The van der Waals surface area contributed by atoms with E-state index < -0.39 is 78.0 Å². The van der Waals surface area contributed by atoms with Gasteiger partial charge in [0.25, 0.3) is 0 Å². The van der Waals surface area contributed by atoms with Crippen LogP contribution in [0.2, 0.25) is 0 Å². The van der Waals surface area contributed by atoms with Crippen LogP contribution in [-0.2, 0) is 25.4 Å². The van der Waals surface area contributed by atoms with Gasteiger partial charge in [-0.25, -0.2) is 0 Å². The van der Waals surface area contributed by atoms with Crippen LogP contribution in [0.1, 0.15) is 70.6 Å². The minimum atomic E-state index is -2.20. The maximum Gasteiger partial charge on any atom is 0.222 e. The van der Waals surface area contributed by atoms with Crippen LogP contribution in [0.5, 0.6) is 11.5 Å². The molecule has 39 heavy (non-hydrogen) atoms. The number of aliphatic hydroxyl groups excluding tert-OH is 1. The molecule has 11 nitrogen and oxygen atoms in total. The van der Waals surface area contributed by atoms with Crippen molar-refractivity contribution in [2.45, 2.75) is 63.1 Å². The number of Topliss-reactive ketones (excluding diaryl/α,β-unsaturated/α-hetero) is 3. The van der Waals surface area contributed by atoms with E-state index in [2.05, 4.69) is 0 Å². The summed E-state index contributed by atoms with van der Waals surface area (Å²) in [6, 6.07) is 0. The summed E-state index contributed by atoms with van der Waals surface area (Å²) >= 11 is 2.00. The van der Waals surface area contributed by atoms with E-state index in [1.807, 2.05) is 22.6 Å². The first-order valence-electron chi connectivity index (χ1n) is 12.4. The van der Waals surface area contributed by atoms with Gasteiger partial charge < -0.3 is 40.4 Å². The molecular formula is C27H28INO10. The van der Waals surface area contributed by atoms with Gasteiger partial charge >= 0.3 is 0 Å². The van der Waals surface area contributed by atoms with Crippen LogP contribution in [0.25, 0.3) is 0 Å². The third kappa shape index (κ3) is 4.29. The Morgan fingerprint density at radius 2 is 1.90 bits per heavy atom. The predicted octanol–water partition coefficient (Wildman–Crippen LogP) is 2.13. The first-order valence-corrected chi connectivity index (χ1v) is 13.5. The third-order valence-corrected chi connectivity index (χ3v) is 9.22. The molecule has 1 unspecified atom stereocenters. The number of hydrogen-bond donors (Lipinski definition) is 5. The number of aliphatic hydroxyl groups is 2. The van der Waals surface area contributed by atoms with Gasteiger partial charge in [0, 0.05) is 48.3 Å². The summed E-state index contributed by atoms with van der Waals surface area (Å²) in [5.41, 5.74) is 3.61. The second-order valence-corrected chi connectivity index (χ2v) is 11.2. The van der Waals surface area contributed by atoms with Gasteiger partial charge in [-0.3, -0.25) is 14.4 Å². The zero-order valence-corrected chi connectivity index (χ0v) is 23.4. The second-order valence-electron chi connectivity index (χ2n) is 10.1. The third-order valence-electron chi connectivity index (χ3n) is 7.83. The molecule has 3 aliphatic carbocycles. The quantitative estimate of drug-likeness (QED) is 0.232. The Labute approximate surface area is 237 Å². The van der Waals surface area contributed by atoms with E-state index in [1.54, 1.807) is 6.92 Å². The van der Waals surface area contributed by atoms with E-state index in [9.17, 15) is 34.8 Å². The molecule has 5 rings (SSSR count). The van der Waals surface area contributed by atoms with Gasteiger partial charge in [0.15, 0.2) is 17.3 Å². The molecular weight excluding hydrogens is 625 g/mol. The number of carbonyl (C=O) groups is 3. The average Bonchev–Trinajstić information content (AvgIpc) is 2.90. The maximum absolute atomic E-state index is 13.7. The number of aromatic hydroxyl groups is 2. The lowest BCUT2D eigenvalue weighted by Gasteiger charge is -2.40. The van der Waals surface area contributed by atoms with E-state index in [0.717, 1.165) is 0 Å². The second kappa shape index (κ2) is 10.0. The van der Waals surface area contributed by atoms with Gasteiger partial charge in [-0.1, -0.05) is 0 Å². The fourth-order valence-corrected chi connectivity index (χ4v) is 6.21. The van der Waals surface area contributed by atoms with E-state index >= 15 is 0 Å². The SMILES string of the molecule is COC1CCCC2=C1C(=O)c1c(O)c3c(c(O)c1C2=O)C[C@@](O)(C(=O)CO)C[C@@H]3O[C@H]1C=C(N)C(I)=C(C)O1. The molecule has 0 saturated carbocycles. The molecule has 1 aliphatic heterocycles. The molecule has 0 aromatic heterocycles. The van der Waals surface area contributed by atoms with Gasteiger partial charge in [-0.05, 0) is 48.8 Å². The Morgan fingerprint density at radius 3 is 2.54 bits per heavy atom. The molecule has 0 spiro atoms. The summed E-state index contributed by atoms with van der Waals surface area (Å²) in [5.74, 6) is -2.98. The van der Waals surface area contributed by atoms with Crippen LogP contribution in [0.3, 0.4) is 0 Å². The highest BCUT2D eigenvalue weighted by Crippen LogP contribution is 2.53. The lowest BCUT2D eigenvalue weighted by atomic mass is 9.70. The van der Waals surface area contributed by atoms with Crippen LogP contribution < -0.4 is 5.73 Å². The number of phenolic OH excluding ortho intramolecular Hbond substituents is 2. The van der Waals surface area contributed by atoms with Crippen molar-refractivity contribution in [3.8, 4) is 11.5 Å². The Hall–Kier alpha value is -2.78. The molecule has 0 fully saturated rings. The van der Waals surface area contributed by atoms with Gasteiger partial charge in [-0.15, -0.1) is 0 Å². The lowest BCUT2D eigenvalue weighted by Crippen LogP contribution is -2.48. The summed E-state index contributed by atoms with van der Waals surface area (Å²) < 4.78 is 17.9. The molecule has 0 radical (unpaired) electrons. The maximum atomic E-state index is 13.7. The summed E-state index contributed by atoms with van der Waals surface area (Å²) in [4.78, 5) is 39.9. The van der Waals surface area contributed by atoms with Crippen LogP contribution in [0.4, 0.5) is 0 Å². The fourth-order valence-electron chi connectivity index (χ4n) is 5.90. The van der Waals surface area contributed by atoms with E-state index in [4.69, 9.17) is 19.9 Å². The van der Waals surface area contributed by atoms with Crippen molar-refractivity contribution in [1.29, 1.82) is 0 Å². The predicted molar refractivity (Wildman–Crippen MR) is 143 cm³/mol. The molecule has 0 saturated heterocycles. The number of ether oxygens (including phenoxy) is 3. The summed E-state index contributed by atoms with van der Waals surface area (Å²) in [6.45, 7) is 0.680. The van der Waals surface area contributed by atoms with Gasteiger partial charge in [0.05, 0.1) is 32.6 Å². The molecule has 0 bridgehead atoms. The molecule has 1 aromatic carbocycles. The number of phenols is 2. The lowest BCUT2D eigenvalue weighted by molar-refractivity contribution is -0.163. The minimum Gasteiger partial charge on any atom is -0.507 e. The van der Waals surface area contributed by atoms with Crippen molar-refractivity contribution in [2.24, 2.45) is 5.73 Å². The summed E-state index contributed by atoms with van der Waals surface area (Å²) in [5, 5.41) is 43.7. The first-order chi connectivity index (χ1) is 18.4. The van der Waals surface area contributed by atoms with Crippen LogP contribution >= 0.6 is 22.6 Å². The number of carbonyl (C=O) groups excluding carboxylic acids is 3. The van der Waals surface area contributed by atoms with Crippen molar-refractivity contribution in [2.75, 3.05) is 13.7 Å². The Balaban J connectivity index is 1.69. The first kappa shape index (κ1) is 27.8. The normalized spacial score (nSPS) is 28.4. The van der Waals surface area contributed by atoms with Crippen LogP contribution in [-0.4, -0.2) is 69.5 Å². The highest BCUT2D eigenvalue weighted by molar-refractivity contribution is 14.1. The fraction of sp³-hybridized carbons (Fsp3) is 0.444. The summed E-state index contributed by atoms with van der Waals surface area (Å²) in [6.07, 6.45) is -1.14. The zero-order valence-electron chi connectivity index (χ0n) is 21.2. The molecule has 0 amide bonds. The molecule has 4 atom stereocenters. The number of allylic oxidation sites excluding steroid dienone is 3. The highest BCUT2D eigenvalue weighted by Gasteiger charge is 2.50. The Kier molecular flexibility index (Phi) is 7.12. The molecule has 208 valence electrons. The molecule has 4 aliphatic rings. The van der Waals surface area contributed by atoms with Crippen molar-refractivity contribution >= 4 is 39.9 Å². The number of methoxy groups -OCH3 is 1. The minimum absolute atomic E-state index is 0.0610. The standard InChI is InChI=1S/C27H28INO10/c1-10-22(28)13(29)6-17(38-10)39-15-8-27(36,16(31)9-30)7-12-19(15)26(35)21-20(24(12)33)23(32)11-4-3-5-14(37-2)18(11)25(21)34/h6,14-15,17,30,33,35-36H,3-5,7-9,29H2,1-2H3/t14?,15-,17-,27-/m0/s1. The Bertz CT molecular complexity index is 1410. The monoisotopic (exact) mass is 653 g/mol. The average molecular weight is 653 g/mol. The summed E-state index contributed by atoms with van der Waals surface area (Å²) in [7, 11) is 1.43. The number of fused-ring (bicyclic) bond motifs is 2. The van der Waals surface area contributed by atoms with E-state index in [0.29, 0.717) is 34.3 Å². The molecule has 12 heteroatoms. The van der Waals surface area contributed by atoms with E-state index in [-0.39, 0.29) is 27.8 Å². The molecule has 6 N–H and O–H groups in total. The van der Waals surface area contributed by atoms with Crippen molar-refractivity contribution in [1.82, 2.24) is 0 Å². The largest absolute Gasteiger partial charge is 0.507 e. The van der Waals surface area contributed by atoms with Crippen molar-refractivity contribution in [3.63, 3.8) is 0 Å². The highest BCUT2D eigenvalue weighted by atomic mass is 127. The van der Waals surface area contributed by atoms with Gasteiger partial charge in [0.2, 0.25) is 6.29 Å². The number of halogens is 1. The van der Waals surface area contributed by atoms with Crippen LogP contribution in [0, 0.1) is 0 Å². The zero-order chi connectivity index (χ0) is 28.4. The number of nitrogens with two attached hydrogens (primary N) is 1. The number of ketones is 3. The number of benzene rings is 1. The van der Waals surface area contributed by atoms with Gasteiger partial charge in [0.1, 0.15) is 29.5 Å². The van der Waals surface area contributed by atoms with Crippen molar-refractivity contribution in [3.05, 3.63) is 54.5 Å². The Morgan fingerprint density at radius 1 is 1.21 bits per heavy atom. The van der Waals surface area contributed by atoms with Gasteiger partial charge in [-0.2, -0.15) is 0 Å². The number of hydrogen-bond acceptors (Lipinski definition) is 11. The topological polar surface area (TPSA) is 186 Å². The molecule has 1 heterocycles. The molecule has 1 aromatic rings.